The molecule has 1 aromatic carbocycles. The first-order chi connectivity index (χ1) is 6.22. The monoisotopic (exact) mass is 256 g/mol. The summed E-state index contributed by atoms with van der Waals surface area (Å²) in [5.74, 6) is 0.317. The molecule has 0 aliphatic carbocycles. The van der Waals surface area contributed by atoms with Crippen LogP contribution in [0.4, 0.5) is 0 Å². The van der Waals surface area contributed by atoms with E-state index in [1.54, 1.807) is 11.3 Å². The second kappa shape index (κ2) is 3.31. The van der Waals surface area contributed by atoms with Gasteiger partial charge in [0.1, 0.15) is 5.75 Å². The molecule has 0 aliphatic rings. The van der Waals surface area contributed by atoms with Crippen LogP contribution in [0.3, 0.4) is 0 Å². The van der Waals surface area contributed by atoms with Crippen LogP contribution in [0.25, 0.3) is 10.1 Å². The fourth-order valence-electron chi connectivity index (χ4n) is 1.36. The van der Waals surface area contributed by atoms with Crippen molar-refractivity contribution >= 4 is 37.4 Å². The molecule has 0 bridgehead atoms. The van der Waals surface area contributed by atoms with Gasteiger partial charge in [0.05, 0.1) is 4.47 Å². The Kier molecular flexibility index (Phi) is 2.30. The first kappa shape index (κ1) is 9.03. The van der Waals surface area contributed by atoms with Crippen molar-refractivity contribution in [1.29, 1.82) is 0 Å². The summed E-state index contributed by atoms with van der Waals surface area (Å²) in [5.41, 5.74) is 1.35. The van der Waals surface area contributed by atoms with Crippen molar-refractivity contribution in [3.8, 4) is 5.75 Å². The van der Waals surface area contributed by atoms with Gasteiger partial charge in [0.15, 0.2) is 0 Å². The lowest BCUT2D eigenvalue weighted by atomic mass is 10.1. The number of rotatable bonds is 1. The van der Waals surface area contributed by atoms with Crippen LogP contribution in [-0.2, 0) is 6.42 Å². The molecule has 1 heterocycles. The van der Waals surface area contributed by atoms with Gasteiger partial charge < -0.3 is 5.11 Å². The third kappa shape index (κ3) is 1.46. The Morgan fingerprint density at radius 2 is 2.23 bits per heavy atom. The highest BCUT2D eigenvalue weighted by molar-refractivity contribution is 9.10. The maximum absolute atomic E-state index is 9.46. The van der Waals surface area contributed by atoms with Crippen molar-refractivity contribution in [1.82, 2.24) is 0 Å². The van der Waals surface area contributed by atoms with Crippen molar-refractivity contribution in [2.24, 2.45) is 0 Å². The van der Waals surface area contributed by atoms with Crippen LogP contribution in [0.2, 0.25) is 0 Å². The maximum atomic E-state index is 9.46. The van der Waals surface area contributed by atoms with Gasteiger partial charge in [-0.3, -0.25) is 0 Å². The summed E-state index contributed by atoms with van der Waals surface area (Å²) >= 11 is 5.00. The van der Waals surface area contributed by atoms with Gasteiger partial charge in [-0.2, -0.15) is 0 Å². The second-order valence-electron chi connectivity index (χ2n) is 2.91. The van der Waals surface area contributed by atoms with E-state index in [-0.39, 0.29) is 0 Å². The van der Waals surface area contributed by atoms with E-state index in [1.807, 2.05) is 12.1 Å². The molecular weight excluding hydrogens is 248 g/mol. The van der Waals surface area contributed by atoms with Crippen molar-refractivity contribution < 1.29 is 5.11 Å². The summed E-state index contributed by atoms with van der Waals surface area (Å²) in [6, 6.07) is 3.79. The summed E-state index contributed by atoms with van der Waals surface area (Å²) < 4.78 is 1.92. The van der Waals surface area contributed by atoms with Crippen molar-refractivity contribution in [3.63, 3.8) is 0 Å². The predicted molar refractivity (Wildman–Crippen MR) is 60.6 cm³/mol. The first-order valence-electron chi connectivity index (χ1n) is 4.11. The molecule has 68 valence electrons. The quantitative estimate of drug-likeness (QED) is 0.820. The van der Waals surface area contributed by atoms with Crippen LogP contribution in [0.1, 0.15) is 12.5 Å². The molecule has 3 heteroatoms. The Bertz CT molecular complexity index is 447. The normalized spacial score (nSPS) is 10.9. The van der Waals surface area contributed by atoms with Crippen molar-refractivity contribution in [3.05, 3.63) is 27.5 Å². The third-order valence-electron chi connectivity index (χ3n) is 2.10. The number of aryl methyl sites for hydroxylation is 1. The molecule has 0 amide bonds. The molecule has 0 unspecified atom stereocenters. The van der Waals surface area contributed by atoms with E-state index in [0.29, 0.717) is 5.75 Å². The summed E-state index contributed by atoms with van der Waals surface area (Å²) in [6.07, 6.45) is 1.04. The first-order valence-corrected chi connectivity index (χ1v) is 5.78. The molecule has 0 saturated carbocycles. The summed E-state index contributed by atoms with van der Waals surface area (Å²) in [5, 5.41) is 12.9. The van der Waals surface area contributed by atoms with Gasteiger partial charge in [0, 0.05) is 4.70 Å². The molecule has 1 N–H and O–H groups in total. The van der Waals surface area contributed by atoms with E-state index < -0.39 is 0 Å². The highest BCUT2D eigenvalue weighted by atomic mass is 79.9. The Hall–Kier alpha value is -0.540. The highest BCUT2D eigenvalue weighted by Gasteiger charge is 2.05. The van der Waals surface area contributed by atoms with Gasteiger partial charge in [0.2, 0.25) is 0 Å². The fourth-order valence-corrected chi connectivity index (χ4v) is 2.77. The van der Waals surface area contributed by atoms with Crippen LogP contribution in [0.5, 0.6) is 5.75 Å². The molecule has 0 saturated heterocycles. The van der Waals surface area contributed by atoms with Crippen molar-refractivity contribution in [2.45, 2.75) is 13.3 Å². The number of hydrogen-bond acceptors (Lipinski definition) is 2. The van der Waals surface area contributed by atoms with Crippen LogP contribution in [-0.4, -0.2) is 5.11 Å². The van der Waals surface area contributed by atoms with Gasteiger partial charge >= 0.3 is 0 Å². The van der Waals surface area contributed by atoms with Gasteiger partial charge in [-0.25, -0.2) is 0 Å². The molecule has 2 aromatic rings. The molecule has 0 fully saturated rings. The number of aromatic hydroxyl groups is 1. The van der Waals surface area contributed by atoms with E-state index in [2.05, 4.69) is 28.2 Å². The smallest absolute Gasteiger partial charge is 0.131 e. The average Bonchev–Trinajstić information content (AvgIpc) is 2.48. The molecule has 2 rings (SSSR count). The summed E-state index contributed by atoms with van der Waals surface area (Å²) in [6.45, 7) is 2.14. The SMILES string of the molecule is CCc1csc2cc(O)c(Br)cc12. The molecule has 0 atom stereocenters. The second-order valence-corrected chi connectivity index (χ2v) is 4.68. The maximum Gasteiger partial charge on any atom is 0.131 e. The van der Waals surface area contributed by atoms with Crippen molar-refractivity contribution in [2.75, 3.05) is 0 Å². The van der Waals surface area contributed by atoms with Gasteiger partial charge in [0.25, 0.3) is 0 Å². The minimum Gasteiger partial charge on any atom is -0.507 e. The Labute approximate surface area is 89.1 Å². The molecule has 1 nitrogen and oxygen atoms in total. The van der Waals surface area contributed by atoms with Crippen LogP contribution in [0, 0.1) is 0 Å². The standard InChI is InChI=1S/C10H9BrOS/c1-2-6-5-13-10-4-9(12)8(11)3-7(6)10/h3-5,12H,2H2,1H3. The highest BCUT2D eigenvalue weighted by Crippen LogP contribution is 2.34. The molecule has 1 aromatic heterocycles. The zero-order valence-corrected chi connectivity index (χ0v) is 9.58. The molecule has 0 aliphatic heterocycles. The lowest BCUT2D eigenvalue weighted by Crippen LogP contribution is -1.75. The van der Waals surface area contributed by atoms with E-state index in [4.69, 9.17) is 0 Å². The van der Waals surface area contributed by atoms with E-state index in [1.165, 1.54) is 10.9 Å². The zero-order valence-electron chi connectivity index (χ0n) is 7.17. The average molecular weight is 257 g/mol. The molecular formula is C10H9BrOS. The minimum absolute atomic E-state index is 0.317. The molecule has 0 radical (unpaired) electrons. The number of benzene rings is 1. The Balaban J connectivity index is 2.77. The van der Waals surface area contributed by atoms with Crippen LogP contribution >= 0.6 is 27.3 Å². The molecule has 13 heavy (non-hydrogen) atoms. The number of halogens is 1. The predicted octanol–water partition coefficient (Wildman–Crippen LogP) is 3.93. The Morgan fingerprint density at radius 1 is 1.46 bits per heavy atom. The third-order valence-corrected chi connectivity index (χ3v) is 3.73. The number of phenolic OH excluding ortho intramolecular Hbond substituents is 1. The number of hydrogen-bond donors (Lipinski definition) is 1. The van der Waals surface area contributed by atoms with Crippen LogP contribution < -0.4 is 0 Å². The van der Waals surface area contributed by atoms with E-state index in [9.17, 15) is 5.11 Å². The topological polar surface area (TPSA) is 20.2 Å². The lowest BCUT2D eigenvalue weighted by Gasteiger charge is -1.98. The number of fused-ring (bicyclic) bond motifs is 1. The van der Waals surface area contributed by atoms with Gasteiger partial charge in [-0.1, -0.05) is 6.92 Å². The minimum atomic E-state index is 0.317. The molecule has 0 spiro atoms. The largest absolute Gasteiger partial charge is 0.507 e. The van der Waals surface area contributed by atoms with Gasteiger partial charge in [-0.15, -0.1) is 11.3 Å². The fraction of sp³-hybridized carbons (Fsp3) is 0.200. The number of thiophene rings is 1. The van der Waals surface area contributed by atoms with Crippen LogP contribution in [0.15, 0.2) is 22.0 Å². The van der Waals surface area contributed by atoms with E-state index in [0.717, 1.165) is 15.6 Å². The number of phenols is 1. The zero-order chi connectivity index (χ0) is 9.42. The Morgan fingerprint density at radius 3 is 2.92 bits per heavy atom. The van der Waals surface area contributed by atoms with E-state index >= 15 is 0 Å². The van der Waals surface area contributed by atoms with Gasteiger partial charge in [-0.05, 0) is 50.8 Å². The summed E-state index contributed by atoms with van der Waals surface area (Å²) in [4.78, 5) is 0. The summed E-state index contributed by atoms with van der Waals surface area (Å²) in [7, 11) is 0. The lowest BCUT2D eigenvalue weighted by molar-refractivity contribution is 0.473.